The number of H-pyrrole nitrogens is 1. The van der Waals surface area contributed by atoms with Crippen molar-refractivity contribution in [3.05, 3.63) is 18.2 Å². The number of nitrogens with two attached hydrogens (primary N) is 1. The van der Waals surface area contributed by atoms with Crippen LogP contribution in [0.5, 0.6) is 0 Å². The van der Waals surface area contributed by atoms with Gasteiger partial charge in [0.1, 0.15) is 0 Å². The minimum atomic E-state index is -0.404. The number of imidazole rings is 1. The molecule has 0 aliphatic carbocycles. The first-order valence-corrected chi connectivity index (χ1v) is 6.45. The Morgan fingerprint density at radius 1 is 1.41 bits per heavy atom. The molecule has 0 unspecified atom stereocenters. The number of hydrogen-bond acceptors (Lipinski definition) is 3. The average molecular weight is 237 g/mol. The van der Waals surface area contributed by atoms with Gasteiger partial charge in [0.15, 0.2) is 5.78 Å². The molecule has 0 bridgehead atoms. The number of rotatable bonds is 8. The molecule has 1 aromatic heterocycles. The number of hydrogen-bond donors (Lipinski definition) is 2. The highest BCUT2D eigenvalue weighted by Crippen LogP contribution is 2.17. The van der Waals surface area contributed by atoms with E-state index in [-0.39, 0.29) is 11.7 Å². The third-order valence-electron chi connectivity index (χ3n) is 3.04. The van der Waals surface area contributed by atoms with Crippen LogP contribution in [0.1, 0.15) is 45.2 Å². The Morgan fingerprint density at radius 3 is 2.53 bits per heavy atom. The van der Waals surface area contributed by atoms with Gasteiger partial charge in [0.25, 0.3) is 0 Å². The van der Waals surface area contributed by atoms with E-state index >= 15 is 0 Å². The van der Waals surface area contributed by atoms with E-state index in [9.17, 15) is 4.79 Å². The lowest BCUT2D eigenvalue weighted by molar-refractivity contribution is -0.124. The summed E-state index contributed by atoms with van der Waals surface area (Å²) < 4.78 is 0. The van der Waals surface area contributed by atoms with Crippen molar-refractivity contribution < 1.29 is 4.79 Å². The highest BCUT2D eigenvalue weighted by molar-refractivity contribution is 5.86. The number of aromatic nitrogens is 2. The molecule has 1 rings (SSSR count). The molecular formula is C13H23N3O. The first kappa shape index (κ1) is 13.9. The number of aromatic amines is 1. The summed E-state index contributed by atoms with van der Waals surface area (Å²) in [4.78, 5) is 19.1. The molecule has 0 amide bonds. The Bertz CT molecular complexity index is 315. The van der Waals surface area contributed by atoms with E-state index in [1.807, 2.05) is 0 Å². The normalized spacial score (nSPS) is 12.9. The minimum absolute atomic E-state index is 0.128. The molecule has 0 fully saturated rings. The van der Waals surface area contributed by atoms with Crippen molar-refractivity contribution in [3.63, 3.8) is 0 Å². The second kappa shape index (κ2) is 7.22. The van der Waals surface area contributed by atoms with Crippen molar-refractivity contribution in [3.8, 4) is 0 Å². The SMILES string of the molecule is CCCC(CCC)C(=O)[C@@H](N)Cc1cnc[nH]1. The van der Waals surface area contributed by atoms with Gasteiger partial charge in [-0.25, -0.2) is 4.98 Å². The monoisotopic (exact) mass is 237 g/mol. The molecule has 1 atom stereocenters. The van der Waals surface area contributed by atoms with Gasteiger partial charge in [-0.05, 0) is 12.8 Å². The second-order valence-electron chi connectivity index (χ2n) is 4.56. The van der Waals surface area contributed by atoms with Gasteiger partial charge in [0.05, 0.1) is 12.4 Å². The summed E-state index contributed by atoms with van der Waals surface area (Å²) in [6.45, 7) is 4.21. The van der Waals surface area contributed by atoms with Crippen molar-refractivity contribution >= 4 is 5.78 Å². The number of nitrogens with zero attached hydrogens (tertiary/aromatic N) is 1. The van der Waals surface area contributed by atoms with Gasteiger partial charge in [0, 0.05) is 24.2 Å². The topological polar surface area (TPSA) is 71.8 Å². The maximum Gasteiger partial charge on any atom is 0.152 e. The fourth-order valence-corrected chi connectivity index (χ4v) is 2.16. The quantitative estimate of drug-likeness (QED) is 0.727. The molecular weight excluding hydrogens is 214 g/mol. The van der Waals surface area contributed by atoms with E-state index in [1.165, 1.54) is 0 Å². The van der Waals surface area contributed by atoms with Gasteiger partial charge >= 0.3 is 0 Å². The molecule has 0 spiro atoms. The van der Waals surface area contributed by atoms with E-state index in [0.29, 0.717) is 6.42 Å². The first-order valence-electron chi connectivity index (χ1n) is 6.45. The van der Waals surface area contributed by atoms with E-state index in [2.05, 4.69) is 23.8 Å². The van der Waals surface area contributed by atoms with Gasteiger partial charge in [-0.15, -0.1) is 0 Å². The fraction of sp³-hybridized carbons (Fsp3) is 0.692. The first-order chi connectivity index (χ1) is 8.19. The molecule has 1 aromatic rings. The Kier molecular flexibility index (Phi) is 5.91. The Balaban J connectivity index is 2.53. The van der Waals surface area contributed by atoms with Crippen molar-refractivity contribution in [1.82, 2.24) is 9.97 Å². The molecule has 0 saturated heterocycles. The number of carbonyl (C=O) groups excluding carboxylic acids is 1. The van der Waals surface area contributed by atoms with Gasteiger partial charge in [-0.2, -0.15) is 0 Å². The van der Waals surface area contributed by atoms with Gasteiger partial charge in [-0.1, -0.05) is 26.7 Å². The van der Waals surface area contributed by atoms with Gasteiger partial charge < -0.3 is 10.7 Å². The van der Waals surface area contributed by atoms with Crippen molar-refractivity contribution in [2.45, 2.75) is 52.0 Å². The van der Waals surface area contributed by atoms with Crippen molar-refractivity contribution in [2.75, 3.05) is 0 Å². The zero-order valence-electron chi connectivity index (χ0n) is 10.8. The Labute approximate surface area is 103 Å². The van der Waals surface area contributed by atoms with Crippen LogP contribution in [0.25, 0.3) is 0 Å². The second-order valence-corrected chi connectivity index (χ2v) is 4.56. The summed E-state index contributed by atoms with van der Waals surface area (Å²) in [7, 11) is 0. The van der Waals surface area contributed by atoms with Crippen molar-refractivity contribution in [2.24, 2.45) is 11.7 Å². The van der Waals surface area contributed by atoms with Crippen LogP contribution < -0.4 is 5.73 Å². The lowest BCUT2D eigenvalue weighted by Gasteiger charge is -2.18. The maximum atomic E-state index is 12.2. The van der Waals surface area contributed by atoms with Crippen LogP contribution in [0, 0.1) is 5.92 Å². The molecule has 17 heavy (non-hydrogen) atoms. The van der Waals surface area contributed by atoms with E-state index < -0.39 is 6.04 Å². The van der Waals surface area contributed by atoms with Crippen LogP contribution in [-0.4, -0.2) is 21.8 Å². The minimum Gasteiger partial charge on any atom is -0.348 e. The average Bonchev–Trinajstić information content (AvgIpc) is 2.80. The predicted octanol–water partition coefficient (Wildman–Crippen LogP) is 2.06. The third kappa shape index (κ3) is 4.30. The highest BCUT2D eigenvalue weighted by Gasteiger charge is 2.23. The Hall–Kier alpha value is -1.16. The molecule has 0 radical (unpaired) electrons. The molecule has 0 aromatic carbocycles. The number of nitrogens with one attached hydrogen (secondary N) is 1. The Morgan fingerprint density at radius 2 is 2.06 bits per heavy atom. The summed E-state index contributed by atoms with van der Waals surface area (Å²) in [6.07, 6.45) is 7.86. The van der Waals surface area contributed by atoms with Crippen LogP contribution in [0.15, 0.2) is 12.5 Å². The van der Waals surface area contributed by atoms with Crippen LogP contribution in [0.4, 0.5) is 0 Å². The lowest BCUT2D eigenvalue weighted by atomic mass is 9.89. The summed E-state index contributed by atoms with van der Waals surface area (Å²) in [5.74, 6) is 0.325. The molecule has 0 aliphatic rings. The van der Waals surface area contributed by atoms with E-state index in [1.54, 1.807) is 12.5 Å². The molecule has 3 N–H and O–H groups in total. The molecule has 4 nitrogen and oxygen atoms in total. The van der Waals surface area contributed by atoms with Crippen LogP contribution in [0.3, 0.4) is 0 Å². The third-order valence-corrected chi connectivity index (χ3v) is 3.04. The molecule has 1 heterocycles. The number of carbonyl (C=O) groups is 1. The summed E-state index contributed by atoms with van der Waals surface area (Å²) in [6, 6.07) is -0.404. The summed E-state index contributed by atoms with van der Waals surface area (Å²) in [5.41, 5.74) is 6.90. The predicted molar refractivity (Wildman–Crippen MR) is 68.6 cm³/mol. The molecule has 96 valence electrons. The van der Waals surface area contributed by atoms with Gasteiger partial charge in [0.2, 0.25) is 0 Å². The zero-order chi connectivity index (χ0) is 12.7. The van der Waals surface area contributed by atoms with E-state index in [4.69, 9.17) is 5.73 Å². The van der Waals surface area contributed by atoms with Crippen LogP contribution in [0.2, 0.25) is 0 Å². The zero-order valence-corrected chi connectivity index (χ0v) is 10.8. The number of Topliss-reactive ketones (excluding diaryl/α,β-unsaturated/α-hetero) is 1. The summed E-state index contributed by atoms with van der Waals surface area (Å²) >= 11 is 0. The standard InChI is InChI=1S/C13H23N3O/c1-3-5-10(6-4-2)13(17)12(14)7-11-8-15-9-16-11/h8-10,12H,3-7,14H2,1-2H3,(H,15,16)/t12-/m0/s1. The molecule has 0 aliphatic heterocycles. The van der Waals surface area contributed by atoms with E-state index in [0.717, 1.165) is 31.4 Å². The fourth-order valence-electron chi connectivity index (χ4n) is 2.16. The largest absolute Gasteiger partial charge is 0.348 e. The van der Waals surface area contributed by atoms with Gasteiger partial charge in [-0.3, -0.25) is 4.79 Å². The van der Waals surface area contributed by atoms with Crippen molar-refractivity contribution in [1.29, 1.82) is 0 Å². The van der Waals surface area contributed by atoms with Crippen LogP contribution >= 0.6 is 0 Å². The highest BCUT2D eigenvalue weighted by atomic mass is 16.1. The number of ketones is 1. The maximum absolute atomic E-state index is 12.2. The smallest absolute Gasteiger partial charge is 0.152 e. The lowest BCUT2D eigenvalue weighted by Crippen LogP contribution is -2.37. The molecule has 4 heteroatoms. The summed E-state index contributed by atoms with van der Waals surface area (Å²) in [5, 5.41) is 0. The van der Waals surface area contributed by atoms with Crippen LogP contribution in [-0.2, 0) is 11.2 Å². The molecule has 0 saturated carbocycles.